The zero-order valence-electron chi connectivity index (χ0n) is 17.7. The van der Waals surface area contributed by atoms with E-state index in [1.54, 1.807) is 0 Å². The molecule has 32 heavy (non-hydrogen) atoms. The lowest BCUT2D eigenvalue weighted by Gasteiger charge is -2.21. The topological polar surface area (TPSA) is 103 Å². The lowest BCUT2D eigenvalue weighted by atomic mass is 10.2. The largest absolute Gasteiger partial charge is 0.326 e. The number of nitrogens with two attached hydrogens (primary N) is 1. The van der Waals surface area contributed by atoms with Crippen molar-refractivity contribution >= 4 is 23.6 Å². The summed E-state index contributed by atoms with van der Waals surface area (Å²) in [6, 6.07) is 19.1. The number of rotatable bonds is 13. The number of hydrogen-bond acceptors (Lipinski definition) is 8. The van der Waals surface area contributed by atoms with Crippen LogP contribution < -0.4 is 11.2 Å². The maximum Gasteiger partial charge on any atom is 0.224 e. The molecule has 1 amide bonds. The van der Waals surface area contributed by atoms with Gasteiger partial charge in [-0.25, -0.2) is 0 Å². The fourth-order valence-electron chi connectivity index (χ4n) is 3.15. The SMILES string of the molecule is NOOSc1ccc(NC(=O)CCCCN(Cc2ccccn2)Cc2ccccn2)cc1. The van der Waals surface area contributed by atoms with Gasteiger partial charge in [-0.1, -0.05) is 12.1 Å². The Labute approximate surface area is 192 Å². The van der Waals surface area contributed by atoms with Gasteiger partial charge in [0.2, 0.25) is 5.91 Å². The molecule has 1 aromatic carbocycles. The van der Waals surface area contributed by atoms with Crippen molar-refractivity contribution < 1.29 is 14.1 Å². The van der Waals surface area contributed by atoms with Crippen molar-refractivity contribution in [2.75, 3.05) is 11.9 Å². The molecular formula is C23H27N5O3S. The number of anilines is 1. The lowest BCUT2D eigenvalue weighted by molar-refractivity contribution is -0.195. The van der Waals surface area contributed by atoms with Crippen LogP contribution in [0.4, 0.5) is 5.69 Å². The monoisotopic (exact) mass is 453 g/mol. The molecule has 0 saturated carbocycles. The Balaban J connectivity index is 1.43. The van der Waals surface area contributed by atoms with Crippen LogP contribution >= 0.6 is 12.0 Å². The highest BCUT2D eigenvalue weighted by molar-refractivity contribution is 7.94. The van der Waals surface area contributed by atoms with Crippen LogP contribution in [-0.4, -0.2) is 27.3 Å². The molecule has 0 aliphatic rings. The summed E-state index contributed by atoms with van der Waals surface area (Å²) in [6.07, 6.45) is 5.77. The first-order valence-electron chi connectivity index (χ1n) is 10.3. The van der Waals surface area contributed by atoms with Gasteiger partial charge in [0.1, 0.15) is 0 Å². The first-order chi connectivity index (χ1) is 15.7. The Kier molecular flexibility index (Phi) is 10.1. The highest BCUT2D eigenvalue weighted by Gasteiger charge is 2.10. The van der Waals surface area contributed by atoms with E-state index in [4.69, 9.17) is 5.90 Å². The summed E-state index contributed by atoms with van der Waals surface area (Å²) in [5.74, 6) is 4.81. The van der Waals surface area contributed by atoms with Crippen LogP contribution in [0.1, 0.15) is 30.7 Å². The highest BCUT2D eigenvalue weighted by atomic mass is 32.2. The molecule has 0 spiro atoms. The van der Waals surface area contributed by atoms with Crippen molar-refractivity contribution in [3.63, 3.8) is 0 Å². The third-order valence-electron chi connectivity index (χ3n) is 4.66. The molecule has 2 heterocycles. The van der Waals surface area contributed by atoms with Crippen molar-refractivity contribution in [1.29, 1.82) is 0 Å². The number of nitrogens with zero attached hydrogens (tertiary/aromatic N) is 3. The summed E-state index contributed by atoms with van der Waals surface area (Å²) in [4.78, 5) is 28.3. The second-order valence-electron chi connectivity index (χ2n) is 7.13. The summed E-state index contributed by atoms with van der Waals surface area (Å²) in [7, 11) is 0. The van der Waals surface area contributed by atoms with E-state index in [0.717, 1.165) is 66.5 Å². The molecule has 9 heteroatoms. The van der Waals surface area contributed by atoms with Crippen LogP contribution in [-0.2, 0) is 27.2 Å². The van der Waals surface area contributed by atoms with Gasteiger partial charge < -0.3 is 5.32 Å². The molecule has 8 nitrogen and oxygen atoms in total. The maximum atomic E-state index is 12.3. The number of pyridine rings is 2. The molecule has 0 aliphatic carbocycles. The van der Waals surface area contributed by atoms with E-state index in [0.29, 0.717) is 6.42 Å². The molecular weight excluding hydrogens is 426 g/mol. The molecule has 168 valence electrons. The molecule has 0 aliphatic heterocycles. The molecule has 0 bridgehead atoms. The fourth-order valence-corrected chi connectivity index (χ4v) is 3.52. The van der Waals surface area contributed by atoms with Crippen molar-refractivity contribution in [3.8, 4) is 0 Å². The normalized spacial score (nSPS) is 10.9. The number of carbonyl (C=O) groups excluding carboxylic acids is 1. The predicted molar refractivity (Wildman–Crippen MR) is 124 cm³/mol. The first-order valence-corrected chi connectivity index (χ1v) is 11.1. The minimum absolute atomic E-state index is 0.00653. The zero-order chi connectivity index (χ0) is 22.4. The van der Waals surface area contributed by atoms with Gasteiger partial charge in [-0.3, -0.25) is 19.7 Å². The average Bonchev–Trinajstić information content (AvgIpc) is 2.82. The second kappa shape index (κ2) is 13.6. The summed E-state index contributed by atoms with van der Waals surface area (Å²) in [5.41, 5.74) is 2.78. The van der Waals surface area contributed by atoms with E-state index in [2.05, 4.69) is 29.5 Å². The standard InChI is InChI=1S/C23H27N5O3S/c24-30-31-32-22-12-10-19(11-13-22)27-23(29)9-3-6-16-28(17-20-7-1-4-14-25-20)18-21-8-2-5-15-26-21/h1-2,4-5,7-8,10-15H,3,6,9,16-18,24H2,(H,27,29). The van der Waals surface area contributed by atoms with Gasteiger partial charge in [0.25, 0.3) is 0 Å². The Hall–Kier alpha value is -2.82. The van der Waals surface area contributed by atoms with Crippen LogP contribution in [0.3, 0.4) is 0 Å². The first kappa shape index (κ1) is 23.8. The number of carbonyl (C=O) groups is 1. The van der Waals surface area contributed by atoms with Gasteiger partial charge in [-0.05, 0) is 67.9 Å². The van der Waals surface area contributed by atoms with Gasteiger partial charge in [0, 0.05) is 42.5 Å². The van der Waals surface area contributed by atoms with Crippen molar-refractivity contribution in [1.82, 2.24) is 14.9 Å². The summed E-state index contributed by atoms with van der Waals surface area (Å²) >= 11 is 0.995. The van der Waals surface area contributed by atoms with E-state index >= 15 is 0 Å². The van der Waals surface area contributed by atoms with E-state index in [1.807, 2.05) is 73.1 Å². The second-order valence-corrected chi connectivity index (χ2v) is 7.90. The van der Waals surface area contributed by atoms with Gasteiger partial charge >= 0.3 is 0 Å². The molecule has 0 atom stereocenters. The molecule has 3 rings (SSSR count). The third-order valence-corrected chi connectivity index (χ3v) is 5.27. The summed E-state index contributed by atoms with van der Waals surface area (Å²) < 4.78 is 4.60. The van der Waals surface area contributed by atoms with Crippen LogP contribution in [0.5, 0.6) is 0 Å². The predicted octanol–water partition coefficient (Wildman–Crippen LogP) is 4.12. The van der Waals surface area contributed by atoms with Crippen molar-refractivity contribution in [2.24, 2.45) is 5.90 Å². The Morgan fingerprint density at radius 2 is 1.59 bits per heavy atom. The van der Waals surface area contributed by atoms with E-state index in [1.165, 1.54) is 0 Å². The molecule has 0 fully saturated rings. The fraction of sp³-hybridized carbons (Fsp3) is 0.261. The molecule has 3 aromatic rings. The number of amides is 1. The van der Waals surface area contributed by atoms with Crippen molar-refractivity contribution in [2.45, 2.75) is 37.2 Å². The van der Waals surface area contributed by atoms with Crippen molar-refractivity contribution in [3.05, 3.63) is 84.4 Å². The van der Waals surface area contributed by atoms with E-state index < -0.39 is 0 Å². The number of benzene rings is 1. The highest BCUT2D eigenvalue weighted by Crippen LogP contribution is 2.21. The zero-order valence-corrected chi connectivity index (χ0v) is 18.5. The quantitative estimate of drug-likeness (QED) is 0.172. The third kappa shape index (κ3) is 8.74. The van der Waals surface area contributed by atoms with Crippen LogP contribution in [0.2, 0.25) is 0 Å². The number of hydrogen-bond donors (Lipinski definition) is 2. The van der Waals surface area contributed by atoms with E-state index in [-0.39, 0.29) is 5.91 Å². The average molecular weight is 454 g/mol. The minimum Gasteiger partial charge on any atom is -0.326 e. The van der Waals surface area contributed by atoms with Gasteiger partial charge in [-0.15, -0.1) is 9.32 Å². The van der Waals surface area contributed by atoms with Gasteiger partial charge in [0.15, 0.2) is 0 Å². The van der Waals surface area contributed by atoms with Gasteiger partial charge in [0.05, 0.1) is 23.4 Å². The lowest BCUT2D eigenvalue weighted by Crippen LogP contribution is -2.25. The molecule has 0 radical (unpaired) electrons. The number of aromatic nitrogens is 2. The number of nitrogens with one attached hydrogen (secondary N) is 1. The molecule has 0 unspecified atom stereocenters. The molecule has 3 N–H and O–H groups in total. The Morgan fingerprint density at radius 1 is 0.938 bits per heavy atom. The Morgan fingerprint density at radius 3 is 2.16 bits per heavy atom. The number of unbranched alkanes of at least 4 members (excludes halogenated alkanes) is 1. The molecule has 0 saturated heterocycles. The Bertz CT molecular complexity index is 888. The smallest absolute Gasteiger partial charge is 0.224 e. The van der Waals surface area contributed by atoms with Crippen LogP contribution in [0.15, 0.2) is 78.0 Å². The molecule has 2 aromatic heterocycles. The van der Waals surface area contributed by atoms with E-state index in [9.17, 15) is 4.79 Å². The van der Waals surface area contributed by atoms with Crippen LogP contribution in [0, 0.1) is 0 Å². The minimum atomic E-state index is -0.00653. The summed E-state index contributed by atoms with van der Waals surface area (Å²) in [5, 5.41) is 2.91. The van der Waals surface area contributed by atoms with Crippen LogP contribution in [0.25, 0.3) is 0 Å². The van der Waals surface area contributed by atoms with Gasteiger partial charge in [-0.2, -0.15) is 5.90 Å². The maximum absolute atomic E-state index is 12.3. The summed E-state index contributed by atoms with van der Waals surface area (Å²) in [6.45, 7) is 2.34.